The smallest absolute Gasteiger partial charge is 0.0438 e. The van der Waals surface area contributed by atoms with Crippen LogP contribution in [0.2, 0.25) is 5.02 Å². The van der Waals surface area contributed by atoms with Crippen molar-refractivity contribution in [3.05, 3.63) is 63.3 Å². The Balaban J connectivity index is 2.05. The highest BCUT2D eigenvalue weighted by atomic mass is 79.9. The average molecular weight is 297 g/mol. The maximum absolute atomic E-state index is 6.10. The van der Waals surface area contributed by atoms with Crippen molar-refractivity contribution < 1.29 is 0 Å². The van der Waals surface area contributed by atoms with Gasteiger partial charge in [-0.05, 0) is 52.0 Å². The highest BCUT2D eigenvalue weighted by Crippen LogP contribution is 2.18. The van der Waals surface area contributed by atoms with Crippen molar-refractivity contribution in [3.8, 4) is 0 Å². The van der Waals surface area contributed by atoms with Crippen molar-refractivity contribution in [3.63, 3.8) is 0 Å². The quantitative estimate of drug-likeness (QED) is 0.823. The van der Waals surface area contributed by atoms with Crippen molar-refractivity contribution in [2.75, 3.05) is 0 Å². The van der Waals surface area contributed by atoms with Gasteiger partial charge in [0.2, 0.25) is 0 Å². The second-order valence-electron chi connectivity index (χ2n) is 3.60. The third kappa shape index (κ3) is 3.06. The van der Waals surface area contributed by atoms with Crippen LogP contribution in [0.1, 0.15) is 11.1 Å². The van der Waals surface area contributed by atoms with Crippen LogP contribution in [0, 0.1) is 0 Å². The molecule has 1 aromatic heterocycles. The zero-order valence-electron chi connectivity index (χ0n) is 8.66. The first-order valence-electron chi connectivity index (χ1n) is 5.08. The fourth-order valence-electron chi connectivity index (χ4n) is 1.57. The molecule has 0 saturated carbocycles. The molecule has 82 valence electrons. The Morgan fingerprint density at radius 3 is 2.69 bits per heavy atom. The van der Waals surface area contributed by atoms with Gasteiger partial charge in [0.1, 0.15) is 0 Å². The zero-order chi connectivity index (χ0) is 11.4. The lowest BCUT2D eigenvalue weighted by molar-refractivity contribution is 0.948. The fraction of sp³-hybridized carbons (Fsp3) is 0.154. The summed E-state index contributed by atoms with van der Waals surface area (Å²) in [5, 5.41) is 0.838. The Morgan fingerprint density at radius 1 is 1.12 bits per heavy atom. The summed E-state index contributed by atoms with van der Waals surface area (Å²) >= 11 is 9.51. The lowest BCUT2D eigenvalue weighted by Crippen LogP contribution is -1.92. The summed E-state index contributed by atoms with van der Waals surface area (Å²) in [6.07, 6.45) is 5.58. The van der Waals surface area contributed by atoms with Gasteiger partial charge in [-0.1, -0.05) is 29.8 Å². The minimum Gasteiger partial charge on any atom is -0.263 e. The van der Waals surface area contributed by atoms with Gasteiger partial charge in [-0.25, -0.2) is 0 Å². The molecule has 0 saturated heterocycles. The lowest BCUT2D eigenvalue weighted by Gasteiger charge is -2.04. The van der Waals surface area contributed by atoms with Crippen molar-refractivity contribution >= 4 is 27.5 Å². The first-order valence-corrected chi connectivity index (χ1v) is 6.25. The summed E-state index contributed by atoms with van der Waals surface area (Å²) in [5.41, 5.74) is 2.40. The topological polar surface area (TPSA) is 12.9 Å². The summed E-state index contributed by atoms with van der Waals surface area (Å²) in [6.45, 7) is 0. The molecule has 0 bridgehead atoms. The molecule has 0 aliphatic heterocycles. The summed E-state index contributed by atoms with van der Waals surface area (Å²) in [5.74, 6) is 0. The molecule has 1 heterocycles. The van der Waals surface area contributed by atoms with Crippen molar-refractivity contribution in [1.82, 2.24) is 4.98 Å². The van der Waals surface area contributed by atoms with Crippen LogP contribution in [0.4, 0.5) is 0 Å². The van der Waals surface area contributed by atoms with E-state index in [0.717, 1.165) is 22.3 Å². The Bertz CT molecular complexity index is 485. The maximum Gasteiger partial charge on any atom is 0.0438 e. The van der Waals surface area contributed by atoms with E-state index in [9.17, 15) is 0 Å². The number of halogens is 2. The molecule has 16 heavy (non-hydrogen) atoms. The third-order valence-corrected chi connectivity index (χ3v) is 3.20. The lowest BCUT2D eigenvalue weighted by atomic mass is 10.1. The SMILES string of the molecule is Clc1ccccc1CCc1cncc(Br)c1. The van der Waals surface area contributed by atoms with E-state index >= 15 is 0 Å². The van der Waals surface area contributed by atoms with E-state index in [0.29, 0.717) is 0 Å². The largest absolute Gasteiger partial charge is 0.263 e. The molecule has 0 fully saturated rings. The molecule has 1 nitrogen and oxygen atoms in total. The molecule has 3 heteroatoms. The number of benzene rings is 1. The van der Waals surface area contributed by atoms with Gasteiger partial charge in [0.05, 0.1) is 0 Å². The van der Waals surface area contributed by atoms with E-state index in [1.807, 2.05) is 24.4 Å². The van der Waals surface area contributed by atoms with Crippen LogP contribution >= 0.6 is 27.5 Å². The summed E-state index contributed by atoms with van der Waals surface area (Å²) in [6, 6.07) is 10.0. The van der Waals surface area contributed by atoms with Gasteiger partial charge >= 0.3 is 0 Å². The Hall–Kier alpha value is -0.860. The minimum absolute atomic E-state index is 0.838. The van der Waals surface area contributed by atoms with Crippen LogP contribution in [0.5, 0.6) is 0 Å². The van der Waals surface area contributed by atoms with Crippen LogP contribution in [0.15, 0.2) is 47.2 Å². The number of rotatable bonds is 3. The average Bonchev–Trinajstić information content (AvgIpc) is 2.28. The normalized spacial score (nSPS) is 10.4. The molecule has 2 aromatic rings. The van der Waals surface area contributed by atoms with Crippen LogP contribution in [0.3, 0.4) is 0 Å². The number of nitrogens with zero attached hydrogens (tertiary/aromatic N) is 1. The van der Waals surface area contributed by atoms with E-state index in [1.165, 1.54) is 11.1 Å². The van der Waals surface area contributed by atoms with E-state index in [2.05, 4.69) is 33.0 Å². The molecule has 0 atom stereocenters. The molecule has 0 aliphatic carbocycles. The van der Waals surface area contributed by atoms with E-state index in [-0.39, 0.29) is 0 Å². The van der Waals surface area contributed by atoms with Gasteiger partial charge in [-0.15, -0.1) is 0 Å². The van der Waals surface area contributed by atoms with Crippen LogP contribution < -0.4 is 0 Å². The van der Waals surface area contributed by atoms with Crippen LogP contribution in [0.25, 0.3) is 0 Å². The molecule has 0 amide bonds. The monoisotopic (exact) mass is 295 g/mol. The number of hydrogen-bond acceptors (Lipinski definition) is 1. The Morgan fingerprint density at radius 2 is 1.94 bits per heavy atom. The zero-order valence-corrected chi connectivity index (χ0v) is 11.0. The van der Waals surface area contributed by atoms with Crippen LogP contribution in [-0.4, -0.2) is 4.98 Å². The number of pyridine rings is 1. The molecular weight excluding hydrogens is 286 g/mol. The summed E-state index contributed by atoms with van der Waals surface area (Å²) in [7, 11) is 0. The molecule has 2 rings (SSSR count). The van der Waals surface area contributed by atoms with Crippen molar-refractivity contribution in [1.29, 1.82) is 0 Å². The second-order valence-corrected chi connectivity index (χ2v) is 4.93. The summed E-state index contributed by atoms with van der Waals surface area (Å²) in [4.78, 5) is 4.14. The molecule has 0 aliphatic rings. The third-order valence-electron chi connectivity index (χ3n) is 2.40. The van der Waals surface area contributed by atoms with Crippen LogP contribution in [-0.2, 0) is 12.8 Å². The Labute approximate surface area is 109 Å². The number of hydrogen-bond donors (Lipinski definition) is 0. The predicted octanol–water partition coefficient (Wildman–Crippen LogP) is 4.28. The van der Waals surface area contributed by atoms with Crippen molar-refractivity contribution in [2.24, 2.45) is 0 Å². The highest BCUT2D eigenvalue weighted by Gasteiger charge is 2.00. The van der Waals surface area contributed by atoms with Gasteiger partial charge in [-0.3, -0.25) is 4.98 Å². The molecular formula is C13H11BrClN. The predicted molar refractivity (Wildman–Crippen MR) is 70.8 cm³/mol. The Kier molecular flexibility index (Phi) is 3.97. The standard InChI is InChI=1S/C13H11BrClN/c14-12-7-10(8-16-9-12)5-6-11-3-1-2-4-13(11)15/h1-4,7-9H,5-6H2. The van der Waals surface area contributed by atoms with E-state index in [4.69, 9.17) is 11.6 Å². The van der Waals surface area contributed by atoms with E-state index in [1.54, 1.807) is 6.20 Å². The molecule has 0 spiro atoms. The van der Waals surface area contributed by atoms with Crippen molar-refractivity contribution in [2.45, 2.75) is 12.8 Å². The van der Waals surface area contributed by atoms with Gasteiger partial charge in [-0.2, -0.15) is 0 Å². The number of aromatic nitrogens is 1. The van der Waals surface area contributed by atoms with Gasteiger partial charge in [0.15, 0.2) is 0 Å². The van der Waals surface area contributed by atoms with Gasteiger partial charge in [0.25, 0.3) is 0 Å². The molecule has 0 unspecified atom stereocenters. The first-order chi connectivity index (χ1) is 7.75. The molecule has 1 aromatic carbocycles. The minimum atomic E-state index is 0.838. The molecule has 0 N–H and O–H groups in total. The first kappa shape index (κ1) is 11.6. The second kappa shape index (κ2) is 5.46. The van der Waals surface area contributed by atoms with Gasteiger partial charge in [0, 0.05) is 21.9 Å². The molecule has 0 radical (unpaired) electrons. The van der Waals surface area contributed by atoms with E-state index < -0.39 is 0 Å². The maximum atomic E-state index is 6.10. The number of aryl methyl sites for hydroxylation is 2. The van der Waals surface area contributed by atoms with Gasteiger partial charge < -0.3 is 0 Å². The fourth-order valence-corrected chi connectivity index (χ4v) is 2.22. The highest BCUT2D eigenvalue weighted by molar-refractivity contribution is 9.10. The summed E-state index contributed by atoms with van der Waals surface area (Å²) < 4.78 is 1.02.